The fraction of sp³-hybridized carbons (Fsp3) is 0.412. The Bertz CT molecular complexity index is 674. The molecule has 1 aromatic carbocycles. The van der Waals surface area contributed by atoms with Gasteiger partial charge in [0.05, 0.1) is 16.7 Å². The number of nitrogens with zero attached hydrogens (tertiary/aromatic N) is 1. The van der Waals surface area contributed by atoms with Gasteiger partial charge in [0.1, 0.15) is 5.76 Å². The van der Waals surface area contributed by atoms with E-state index < -0.39 is 0 Å². The van der Waals surface area contributed by atoms with E-state index in [1.807, 2.05) is 49.5 Å². The van der Waals surface area contributed by atoms with Crippen LogP contribution in [0.1, 0.15) is 33.6 Å². The molecular formula is C17H20N2O2S2. The second-order valence-electron chi connectivity index (χ2n) is 5.58. The molecule has 0 saturated carbocycles. The van der Waals surface area contributed by atoms with Crippen LogP contribution in [0.3, 0.4) is 0 Å². The van der Waals surface area contributed by atoms with Crippen LogP contribution in [0.25, 0.3) is 0 Å². The van der Waals surface area contributed by atoms with E-state index in [0.29, 0.717) is 16.8 Å². The van der Waals surface area contributed by atoms with E-state index >= 15 is 0 Å². The van der Waals surface area contributed by atoms with Crippen molar-refractivity contribution < 1.29 is 9.32 Å². The predicted octanol–water partition coefficient (Wildman–Crippen LogP) is 4.34. The number of anilines is 1. The molecule has 1 N–H and O–H groups in total. The Morgan fingerprint density at radius 2 is 2.13 bits per heavy atom. The van der Waals surface area contributed by atoms with Crippen molar-refractivity contribution in [3.05, 3.63) is 46.8 Å². The first-order valence-electron chi connectivity index (χ1n) is 7.68. The van der Waals surface area contributed by atoms with E-state index in [9.17, 15) is 4.79 Å². The maximum absolute atomic E-state index is 12.3. The first-order valence-corrected chi connectivity index (χ1v) is 9.78. The molecule has 0 aliphatic carbocycles. The van der Waals surface area contributed by atoms with Gasteiger partial charge in [-0.25, -0.2) is 0 Å². The normalized spacial score (nSPS) is 15.6. The van der Waals surface area contributed by atoms with Gasteiger partial charge < -0.3 is 9.84 Å². The molecule has 1 fully saturated rings. The smallest absolute Gasteiger partial charge is 0.228 e. The molecule has 23 heavy (non-hydrogen) atoms. The first-order chi connectivity index (χ1) is 11.1. The number of hydrogen-bond donors (Lipinski definition) is 1. The summed E-state index contributed by atoms with van der Waals surface area (Å²) in [6, 6.07) is 8.17. The van der Waals surface area contributed by atoms with Crippen LogP contribution in [-0.2, 0) is 11.2 Å². The molecule has 6 heteroatoms. The summed E-state index contributed by atoms with van der Waals surface area (Å²) in [6.45, 7) is 3.69. The van der Waals surface area contributed by atoms with Gasteiger partial charge in [-0.1, -0.05) is 17.3 Å². The fourth-order valence-electron chi connectivity index (χ4n) is 2.56. The van der Waals surface area contributed by atoms with Crippen LogP contribution in [0.15, 0.2) is 28.8 Å². The Balaban J connectivity index is 1.66. The molecule has 1 amide bonds. The summed E-state index contributed by atoms with van der Waals surface area (Å²) in [7, 11) is 0. The molecule has 1 aromatic heterocycles. The highest BCUT2D eigenvalue weighted by Crippen LogP contribution is 2.44. The summed E-state index contributed by atoms with van der Waals surface area (Å²) in [5, 5.41) is 6.88. The van der Waals surface area contributed by atoms with E-state index in [-0.39, 0.29) is 5.91 Å². The number of amides is 1. The zero-order valence-corrected chi connectivity index (χ0v) is 14.9. The predicted molar refractivity (Wildman–Crippen MR) is 97.0 cm³/mol. The zero-order chi connectivity index (χ0) is 16.2. The standard InChI is InChI=1S/C17H20N2O2S2/c1-11-15(12(2)21-19-11)10-16(20)18-14-6-3-5-13(9-14)17-22-7-4-8-23-17/h3,5-6,9,17H,4,7-8,10H2,1-2H3,(H,18,20). The van der Waals surface area contributed by atoms with Gasteiger partial charge in [-0.2, -0.15) is 0 Å². The highest BCUT2D eigenvalue weighted by Gasteiger charge is 2.17. The third-order valence-electron chi connectivity index (χ3n) is 3.79. The molecule has 4 nitrogen and oxygen atoms in total. The van der Waals surface area contributed by atoms with Crippen molar-refractivity contribution in [2.24, 2.45) is 0 Å². The van der Waals surface area contributed by atoms with Gasteiger partial charge >= 0.3 is 0 Å². The molecule has 1 aliphatic heterocycles. The number of carbonyl (C=O) groups excluding carboxylic acids is 1. The Kier molecular flexibility index (Phi) is 5.33. The molecular weight excluding hydrogens is 328 g/mol. The van der Waals surface area contributed by atoms with Crippen LogP contribution >= 0.6 is 23.5 Å². The lowest BCUT2D eigenvalue weighted by Crippen LogP contribution is -2.15. The van der Waals surface area contributed by atoms with E-state index in [0.717, 1.165) is 16.9 Å². The van der Waals surface area contributed by atoms with Gasteiger partial charge in [-0.3, -0.25) is 4.79 Å². The van der Waals surface area contributed by atoms with Crippen molar-refractivity contribution in [3.8, 4) is 0 Å². The average Bonchev–Trinajstić information content (AvgIpc) is 2.88. The zero-order valence-electron chi connectivity index (χ0n) is 13.3. The molecule has 2 aromatic rings. The van der Waals surface area contributed by atoms with Gasteiger partial charge in [0.25, 0.3) is 0 Å². The van der Waals surface area contributed by atoms with Crippen molar-refractivity contribution in [2.45, 2.75) is 31.3 Å². The number of benzene rings is 1. The van der Waals surface area contributed by atoms with Crippen LogP contribution in [0.5, 0.6) is 0 Å². The van der Waals surface area contributed by atoms with Gasteiger partial charge in [-0.05, 0) is 49.5 Å². The SMILES string of the molecule is Cc1noc(C)c1CC(=O)Nc1cccc(C2SCCCS2)c1. The van der Waals surface area contributed by atoms with Crippen LogP contribution in [0.2, 0.25) is 0 Å². The van der Waals surface area contributed by atoms with Crippen molar-refractivity contribution in [1.82, 2.24) is 5.16 Å². The second-order valence-corrected chi connectivity index (χ2v) is 8.30. The minimum absolute atomic E-state index is 0.0412. The summed E-state index contributed by atoms with van der Waals surface area (Å²) in [4.78, 5) is 12.3. The minimum atomic E-state index is -0.0412. The Labute approximate surface area is 144 Å². The lowest BCUT2D eigenvalue weighted by molar-refractivity contribution is -0.115. The maximum atomic E-state index is 12.3. The van der Waals surface area contributed by atoms with Gasteiger partial charge in [-0.15, -0.1) is 23.5 Å². The van der Waals surface area contributed by atoms with Crippen LogP contribution < -0.4 is 5.32 Å². The highest BCUT2D eigenvalue weighted by molar-refractivity contribution is 8.16. The number of carbonyl (C=O) groups is 1. The van der Waals surface area contributed by atoms with Crippen molar-refractivity contribution in [2.75, 3.05) is 16.8 Å². The van der Waals surface area contributed by atoms with Crippen molar-refractivity contribution in [3.63, 3.8) is 0 Å². The highest BCUT2D eigenvalue weighted by atomic mass is 32.2. The molecule has 1 aliphatic rings. The van der Waals surface area contributed by atoms with Crippen molar-refractivity contribution in [1.29, 1.82) is 0 Å². The lowest BCUT2D eigenvalue weighted by atomic mass is 10.1. The van der Waals surface area contributed by atoms with Crippen LogP contribution in [0, 0.1) is 13.8 Å². The molecule has 0 radical (unpaired) electrons. The Hall–Kier alpha value is -1.40. The maximum Gasteiger partial charge on any atom is 0.228 e. The van der Waals surface area contributed by atoms with Crippen LogP contribution in [0.4, 0.5) is 5.69 Å². The van der Waals surface area contributed by atoms with Gasteiger partial charge in [0.15, 0.2) is 0 Å². The Morgan fingerprint density at radius 3 is 2.83 bits per heavy atom. The van der Waals surface area contributed by atoms with Crippen LogP contribution in [-0.4, -0.2) is 22.6 Å². The number of rotatable bonds is 4. The third kappa shape index (κ3) is 4.12. The molecule has 3 rings (SSSR count). The molecule has 0 bridgehead atoms. The second kappa shape index (κ2) is 7.45. The molecule has 0 unspecified atom stereocenters. The summed E-state index contributed by atoms with van der Waals surface area (Å²) >= 11 is 3.96. The number of thioether (sulfide) groups is 2. The summed E-state index contributed by atoms with van der Waals surface area (Å²) < 4.78 is 5.58. The summed E-state index contributed by atoms with van der Waals surface area (Å²) in [5.74, 6) is 3.09. The number of hydrogen-bond acceptors (Lipinski definition) is 5. The van der Waals surface area contributed by atoms with E-state index in [1.165, 1.54) is 23.5 Å². The monoisotopic (exact) mass is 348 g/mol. The number of nitrogens with one attached hydrogen (secondary N) is 1. The van der Waals surface area contributed by atoms with E-state index in [2.05, 4.69) is 22.6 Å². The largest absolute Gasteiger partial charge is 0.361 e. The molecule has 0 atom stereocenters. The lowest BCUT2D eigenvalue weighted by Gasteiger charge is -2.21. The Morgan fingerprint density at radius 1 is 1.35 bits per heavy atom. The molecule has 0 spiro atoms. The topological polar surface area (TPSA) is 55.1 Å². The average molecular weight is 348 g/mol. The molecule has 1 saturated heterocycles. The third-order valence-corrected chi connectivity index (χ3v) is 6.80. The number of aromatic nitrogens is 1. The van der Waals surface area contributed by atoms with Crippen molar-refractivity contribution >= 4 is 35.1 Å². The minimum Gasteiger partial charge on any atom is -0.361 e. The van der Waals surface area contributed by atoms with E-state index in [1.54, 1.807) is 0 Å². The summed E-state index contributed by atoms with van der Waals surface area (Å²) in [5.41, 5.74) is 3.78. The van der Waals surface area contributed by atoms with Gasteiger partial charge in [0, 0.05) is 11.3 Å². The number of aryl methyl sites for hydroxylation is 2. The fourth-order valence-corrected chi connectivity index (χ4v) is 5.44. The van der Waals surface area contributed by atoms with E-state index in [4.69, 9.17) is 4.52 Å². The molecule has 122 valence electrons. The van der Waals surface area contributed by atoms with Gasteiger partial charge in [0.2, 0.25) is 5.91 Å². The molecule has 2 heterocycles. The summed E-state index contributed by atoms with van der Waals surface area (Å²) in [6.07, 6.45) is 1.57. The quantitative estimate of drug-likeness (QED) is 0.890. The first kappa shape index (κ1) is 16.5.